The van der Waals surface area contributed by atoms with E-state index in [1.54, 1.807) is 7.11 Å². The van der Waals surface area contributed by atoms with Crippen LogP contribution in [0.3, 0.4) is 0 Å². The molecule has 0 N–H and O–H groups in total. The third kappa shape index (κ3) is 3.23. The minimum atomic E-state index is 0.104. The summed E-state index contributed by atoms with van der Waals surface area (Å²) < 4.78 is 11.1. The number of nitrogens with zero attached hydrogens (tertiary/aromatic N) is 2. The lowest BCUT2D eigenvalue weighted by molar-refractivity contribution is 0.139. The zero-order valence-corrected chi connectivity index (χ0v) is 14.0. The number of para-hydroxylation sites is 2. The fourth-order valence-corrected chi connectivity index (χ4v) is 3.80. The van der Waals surface area contributed by atoms with Crippen molar-refractivity contribution in [3.05, 3.63) is 24.3 Å². The molecule has 0 spiro atoms. The van der Waals surface area contributed by atoms with Crippen molar-refractivity contribution in [3.63, 3.8) is 0 Å². The number of piperazine rings is 1. The van der Waals surface area contributed by atoms with Gasteiger partial charge in [-0.2, -0.15) is 0 Å². The maximum atomic E-state index is 5.55. The molecule has 1 aromatic carbocycles. The van der Waals surface area contributed by atoms with Gasteiger partial charge in [0.05, 0.1) is 19.4 Å². The highest BCUT2D eigenvalue weighted by atomic mass is 16.5. The van der Waals surface area contributed by atoms with Crippen molar-refractivity contribution >= 4 is 5.69 Å². The molecule has 2 saturated heterocycles. The molecule has 2 fully saturated rings. The molecule has 1 aromatic rings. The summed E-state index contributed by atoms with van der Waals surface area (Å²) in [6.45, 7) is 10.9. The Morgan fingerprint density at radius 1 is 1.27 bits per heavy atom. The van der Waals surface area contributed by atoms with Gasteiger partial charge in [0.1, 0.15) is 5.75 Å². The number of methoxy groups -OCH3 is 1. The van der Waals surface area contributed by atoms with Crippen LogP contribution in [0.25, 0.3) is 0 Å². The van der Waals surface area contributed by atoms with Crippen molar-refractivity contribution in [2.45, 2.75) is 25.8 Å². The van der Waals surface area contributed by atoms with Gasteiger partial charge in [0, 0.05) is 38.3 Å². The number of ether oxygens (including phenoxy) is 2. The molecule has 0 amide bonds. The van der Waals surface area contributed by atoms with E-state index in [1.165, 1.54) is 18.7 Å². The summed E-state index contributed by atoms with van der Waals surface area (Å²) in [7, 11) is 1.75. The first-order valence-corrected chi connectivity index (χ1v) is 8.31. The molecular weight excluding hydrogens is 276 g/mol. The highest BCUT2D eigenvalue weighted by molar-refractivity contribution is 5.60. The molecule has 2 heterocycles. The number of benzene rings is 1. The Kier molecular flexibility index (Phi) is 4.59. The fourth-order valence-electron chi connectivity index (χ4n) is 3.80. The third-order valence-corrected chi connectivity index (χ3v) is 4.90. The minimum Gasteiger partial charge on any atom is -0.495 e. The second-order valence-corrected chi connectivity index (χ2v) is 7.10. The molecule has 0 bridgehead atoms. The van der Waals surface area contributed by atoms with Crippen molar-refractivity contribution in [1.29, 1.82) is 0 Å². The van der Waals surface area contributed by atoms with Crippen LogP contribution < -0.4 is 9.64 Å². The molecule has 122 valence electrons. The van der Waals surface area contributed by atoms with Gasteiger partial charge < -0.3 is 14.4 Å². The van der Waals surface area contributed by atoms with Gasteiger partial charge >= 0.3 is 0 Å². The van der Waals surface area contributed by atoms with Crippen molar-refractivity contribution in [2.75, 3.05) is 51.4 Å². The van der Waals surface area contributed by atoms with E-state index >= 15 is 0 Å². The Balaban J connectivity index is 1.70. The van der Waals surface area contributed by atoms with Gasteiger partial charge in [-0.05, 0) is 38.3 Å². The molecule has 4 heteroatoms. The predicted octanol–water partition coefficient (Wildman–Crippen LogP) is 2.63. The molecule has 0 saturated carbocycles. The van der Waals surface area contributed by atoms with E-state index in [0.29, 0.717) is 5.92 Å². The summed E-state index contributed by atoms with van der Waals surface area (Å²) in [4.78, 5) is 5.10. The molecule has 0 aliphatic carbocycles. The second kappa shape index (κ2) is 6.47. The fraction of sp³-hybridized carbons (Fsp3) is 0.667. The van der Waals surface area contributed by atoms with Crippen molar-refractivity contribution in [1.82, 2.24) is 4.90 Å². The summed E-state index contributed by atoms with van der Waals surface area (Å²) in [5.74, 6) is 1.68. The standard InChI is InChI=1S/C18H28N2O2/c1-18(2)14-19(12-15-8-11-22-13-15)9-10-20(18)16-6-4-5-7-17(16)21-3/h4-7,15H,8-14H2,1-3H3/t15-/m1/s1. The topological polar surface area (TPSA) is 24.9 Å². The Morgan fingerprint density at radius 2 is 2.09 bits per heavy atom. The van der Waals surface area contributed by atoms with Gasteiger partial charge in [0.2, 0.25) is 0 Å². The van der Waals surface area contributed by atoms with Crippen molar-refractivity contribution < 1.29 is 9.47 Å². The molecule has 0 unspecified atom stereocenters. The Bertz CT molecular complexity index is 498. The molecule has 2 aliphatic heterocycles. The largest absolute Gasteiger partial charge is 0.495 e. The number of hydrogen-bond acceptors (Lipinski definition) is 4. The minimum absolute atomic E-state index is 0.104. The van der Waals surface area contributed by atoms with Crippen LogP contribution in [0.4, 0.5) is 5.69 Å². The lowest BCUT2D eigenvalue weighted by Gasteiger charge is -2.49. The summed E-state index contributed by atoms with van der Waals surface area (Å²) >= 11 is 0. The van der Waals surface area contributed by atoms with E-state index in [1.807, 2.05) is 12.1 Å². The van der Waals surface area contributed by atoms with Gasteiger partial charge in [-0.15, -0.1) is 0 Å². The van der Waals surface area contributed by atoms with Gasteiger partial charge in [-0.25, -0.2) is 0 Å². The lowest BCUT2D eigenvalue weighted by Crippen LogP contribution is -2.60. The average molecular weight is 304 g/mol. The summed E-state index contributed by atoms with van der Waals surface area (Å²) in [5, 5.41) is 0. The first-order valence-electron chi connectivity index (χ1n) is 8.31. The highest BCUT2D eigenvalue weighted by Crippen LogP contribution is 2.35. The third-order valence-electron chi connectivity index (χ3n) is 4.90. The number of hydrogen-bond donors (Lipinski definition) is 0. The van der Waals surface area contributed by atoms with Crippen LogP contribution >= 0.6 is 0 Å². The summed E-state index contributed by atoms with van der Waals surface area (Å²) in [5.41, 5.74) is 1.31. The van der Waals surface area contributed by atoms with Crippen LogP contribution in [0.5, 0.6) is 5.75 Å². The smallest absolute Gasteiger partial charge is 0.142 e. The molecule has 3 rings (SSSR count). The van der Waals surface area contributed by atoms with E-state index in [9.17, 15) is 0 Å². The molecule has 22 heavy (non-hydrogen) atoms. The highest BCUT2D eigenvalue weighted by Gasteiger charge is 2.35. The monoisotopic (exact) mass is 304 g/mol. The van der Waals surface area contributed by atoms with Crippen molar-refractivity contribution in [2.24, 2.45) is 5.92 Å². The Morgan fingerprint density at radius 3 is 2.77 bits per heavy atom. The average Bonchev–Trinajstić information content (AvgIpc) is 2.99. The van der Waals surface area contributed by atoms with E-state index < -0.39 is 0 Å². The lowest BCUT2D eigenvalue weighted by atomic mass is 9.96. The number of anilines is 1. The Labute approximate surface area is 134 Å². The van der Waals surface area contributed by atoms with Crippen LogP contribution in [-0.4, -0.2) is 56.9 Å². The summed E-state index contributed by atoms with van der Waals surface area (Å²) in [6, 6.07) is 8.34. The summed E-state index contributed by atoms with van der Waals surface area (Å²) in [6.07, 6.45) is 1.22. The normalized spacial score (nSPS) is 25.4. The quantitative estimate of drug-likeness (QED) is 0.854. The zero-order chi connectivity index (χ0) is 15.6. The number of rotatable bonds is 4. The van der Waals surface area contributed by atoms with Gasteiger partial charge in [-0.1, -0.05) is 12.1 Å². The van der Waals surface area contributed by atoms with Gasteiger partial charge in [-0.3, -0.25) is 4.90 Å². The molecule has 0 radical (unpaired) electrons. The van der Waals surface area contributed by atoms with E-state index in [0.717, 1.165) is 38.6 Å². The van der Waals surface area contributed by atoms with Gasteiger partial charge in [0.25, 0.3) is 0 Å². The van der Waals surface area contributed by atoms with Gasteiger partial charge in [0.15, 0.2) is 0 Å². The molecule has 0 aromatic heterocycles. The van der Waals surface area contributed by atoms with Crippen molar-refractivity contribution in [3.8, 4) is 5.75 Å². The van der Waals surface area contributed by atoms with Crippen LogP contribution in [0.1, 0.15) is 20.3 Å². The maximum Gasteiger partial charge on any atom is 0.142 e. The van der Waals surface area contributed by atoms with E-state index in [2.05, 4.69) is 35.8 Å². The van der Waals surface area contributed by atoms with Crippen LogP contribution in [-0.2, 0) is 4.74 Å². The van der Waals surface area contributed by atoms with Crippen LogP contribution in [0.2, 0.25) is 0 Å². The Hall–Kier alpha value is -1.26. The second-order valence-electron chi connectivity index (χ2n) is 7.10. The van der Waals surface area contributed by atoms with Crippen LogP contribution in [0.15, 0.2) is 24.3 Å². The van der Waals surface area contributed by atoms with Crippen LogP contribution in [0, 0.1) is 5.92 Å². The zero-order valence-electron chi connectivity index (χ0n) is 14.0. The predicted molar refractivity (Wildman–Crippen MR) is 89.8 cm³/mol. The first-order chi connectivity index (χ1) is 10.6. The molecule has 2 aliphatic rings. The first kappa shape index (κ1) is 15.6. The molecular formula is C18H28N2O2. The molecule has 4 nitrogen and oxygen atoms in total. The van der Waals surface area contributed by atoms with E-state index in [4.69, 9.17) is 9.47 Å². The SMILES string of the molecule is COc1ccccc1N1CCN(C[C@H]2CCOC2)CC1(C)C. The maximum absolute atomic E-state index is 5.55. The molecule has 1 atom stereocenters. The van der Waals surface area contributed by atoms with E-state index in [-0.39, 0.29) is 5.54 Å².